The monoisotopic (exact) mass is 246 g/mol. The van der Waals surface area contributed by atoms with Gasteiger partial charge in [0.15, 0.2) is 11.5 Å². The lowest BCUT2D eigenvalue weighted by molar-refractivity contribution is 0.355. The van der Waals surface area contributed by atoms with Gasteiger partial charge in [-0.1, -0.05) is 30.3 Å². The van der Waals surface area contributed by atoms with Gasteiger partial charge in [0, 0.05) is 0 Å². The van der Waals surface area contributed by atoms with Crippen molar-refractivity contribution in [2.75, 3.05) is 21.3 Å². The van der Waals surface area contributed by atoms with E-state index in [1.165, 1.54) is 0 Å². The Bertz CT molecular complexity index is 418. The molecule has 0 bridgehead atoms. The molecule has 18 heavy (non-hydrogen) atoms. The summed E-state index contributed by atoms with van der Waals surface area (Å²) in [5, 5.41) is 0. The Balaban J connectivity index is 0.000000184. The van der Waals surface area contributed by atoms with Crippen LogP contribution in [-0.2, 0) is 0 Å². The molecule has 0 saturated heterocycles. The van der Waals surface area contributed by atoms with E-state index in [0.717, 1.165) is 17.2 Å². The first-order valence-electron chi connectivity index (χ1n) is 5.58. The number of para-hydroxylation sites is 3. The van der Waals surface area contributed by atoms with E-state index in [1.807, 2.05) is 54.6 Å². The largest absolute Gasteiger partial charge is 0.497 e. The van der Waals surface area contributed by atoms with E-state index >= 15 is 0 Å². The molecule has 0 spiro atoms. The molecule has 0 atom stereocenters. The smallest absolute Gasteiger partial charge is 0.160 e. The van der Waals surface area contributed by atoms with Crippen LogP contribution in [0.5, 0.6) is 17.2 Å². The molecule has 0 N–H and O–H groups in total. The van der Waals surface area contributed by atoms with Crippen LogP contribution in [0.4, 0.5) is 0 Å². The molecule has 0 aliphatic rings. The van der Waals surface area contributed by atoms with Gasteiger partial charge in [0.05, 0.1) is 21.3 Å². The minimum Gasteiger partial charge on any atom is -0.497 e. The van der Waals surface area contributed by atoms with Gasteiger partial charge < -0.3 is 14.2 Å². The number of methoxy groups -OCH3 is 3. The lowest BCUT2D eigenvalue weighted by Crippen LogP contribution is -1.88. The van der Waals surface area contributed by atoms with Crippen molar-refractivity contribution in [2.45, 2.75) is 0 Å². The Morgan fingerprint density at radius 1 is 0.556 bits per heavy atom. The van der Waals surface area contributed by atoms with Crippen molar-refractivity contribution in [1.29, 1.82) is 0 Å². The van der Waals surface area contributed by atoms with Crippen molar-refractivity contribution >= 4 is 0 Å². The zero-order valence-electron chi connectivity index (χ0n) is 10.9. The van der Waals surface area contributed by atoms with Gasteiger partial charge in [0.25, 0.3) is 0 Å². The lowest BCUT2D eigenvalue weighted by atomic mass is 10.3. The first-order chi connectivity index (χ1) is 8.81. The molecule has 0 fully saturated rings. The highest BCUT2D eigenvalue weighted by Gasteiger charge is 1.97. The quantitative estimate of drug-likeness (QED) is 0.830. The molecule has 2 aromatic carbocycles. The van der Waals surface area contributed by atoms with Crippen LogP contribution in [0.25, 0.3) is 0 Å². The van der Waals surface area contributed by atoms with E-state index in [9.17, 15) is 0 Å². The van der Waals surface area contributed by atoms with Gasteiger partial charge in [-0.15, -0.1) is 0 Å². The third kappa shape index (κ3) is 4.37. The number of hydrogen-bond donors (Lipinski definition) is 0. The fourth-order valence-corrected chi connectivity index (χ4v) is 1.34. The third-order valence-corrected chi connectivity index (χ3v) is 2.27. The Labute approximate surface area is 108 Å². The molecule has 0 aliphatic carbocycles. The van der Waals surface area contributed by atoms with Crippen LogP contribution >= 0.6 is 0 Å². The van der Waals surface area contributed by atoms with Crippen LogP contribution in [-0.4, -0.2) is 21.3 Å². The van der Waals surface area contributed by atoms with Gasteiger partial charge in [0.2, 0.25) is 0 Å². The third-order valence-electron chi connectivity index (χ3n) is 2.27. The summed E-state index contributed by atoms with van der Waals surface area (Å²) in [6.45, 7) is 0. The molecule has 0 saturated carbocycles. The summed E-state index contributed by atoms with van der Waals surface area (Å²) in [6, 6.07) is 17.2. The van der Waals surface area contributed by atoms with Gasteiger partial charge in [-0.25, -0.2) is 0 Å². The van der Waals surface area contributed by atoms with Crippen LogP contribution < -0.4 is 14.2 Å². The molecule has 96 valence electrons. The van der Waals surface area contributed by atoms with Gasteiger partial charge in [-0.3, -0.25) is 0 Å². The van der Waals surface area contributed by atoms with E-state index in [2.05, 4.69) is 0 Å². The van der Waals surface area contributed by atoms with Gasteiger partial charge in [-0.05, 0) is 24.3 Å². The summed E-state index contributed by atoms with van der Waals surface area (Å²) in [5.41, 5.74) is 0. The summed E-state index contributed by atoms with van der Waals surface area (Å²) >= 11 is 0. The van der Waals surface area contributed by atoms with Crippen molar-refractivity contribution in [3.63, 3.8) is 0 Å². The van der Waals surface area contributed by atoms with E-state index in [4.69, 9.17) is 14.2 Å². The maximum absolute atomic E-state index is 5.01. The standard InChI is InChI=1S/C8H10O2.C7H8O/c1-9-7-5-3-4-6-8(7)10-2;1-8-7-5-3-2-4-6-7/h3-6H,1-2H3;2-6H,1H3. The van der Waals surface area contributed by atoms with E-state index in [1.54, 1.807) is 21.3 Å². The van der Waals surface area contributed by atoms with Crippen LogP contribution in [0.1, 0.15) is 0 Å². The van der Waals surface area contributed by atoms with E-state index in [0.29, 0.717) is 0 Å². The van der Waals surface area contributed by atoms with Crippen molar-refractivity contribution in [1.82, 2.24) is 0 Å². The summed E-state index contributed by atoms with van der Waals surface area (Å²) in [7, 11) is 4.91. The van der Waals surface area contributed by atoms with Crippen LogP contribution in [0.3, 0.4) is 0 Å². The Morgan fingerprint density at radius 3 is 1.33 bits per heavy atom. The average molecular weight is 246 g/mol. The Kier molecular flexibility index (Phi) is 6.19. The number of hydrogen-bond acceptors (Lipinski definition) is 3. The highest BCUT2D eigenvalue weighted by Crippen LogP contribution is 2.24. The molecule has 2 rings (SSSR count). The fraction of sp³-hybridized carbons (Fsp3) is 0.200. The minimum atomic E-state index is 0.769. The topological polar surface area (TPSA) is 27.7 Å². The first kappa shape index (κ1) is 13.9. The molecule has 3 nitrogen and oxygen atoms in total. The zero-order valence-corrected chi connectivity index (χ0v) is 10.9. The SMILES string of the molecule is COc1ccccc1.COc1ccccc1OC. The highest BCUT2D eigenvalue weighted by molar-refractivity contribution is 5.39. The molecule has 2 aromatic rings. The normalized spacial score (nSPS) is 8.83. The average Bonchev–Trinajstić information content (AvgIpc) is 2.48. The van der Waals surface area contributed by atoms with Gasteiger partial charge in [0.1, 0.15) is 5.75 Å². The summed E-state index contributed by atoms with van der Waals surface area (Å²) in [5.74, 6) is 2.45. The summed E-state index contributed by atoms with van der Waals surface area (Å²) in [4.78, 5) is 0. The molecule has 0 radical (unpaired) electrons. The van der Waals surface area contributed by atoms with Gasteiger partial charge >= 0.3 is 0 Å². The molecule has 0 aliphatic heterocycles. The second-order valence-electron chi connectivity index (χ2n) is 3.37. The second kappa shape index (κ2) is 8.01. The number of benzene rings is 2. The molecular formula is C15H18O3. The van der Waals surface area contributed by atoms with Crippen LogP contribution in [0.2, 0.25) is 0 Å². The molecular weight excluding hydrogens is 228 g/mol. The maximum Gasteiger partial charge on any atom is 0.160 e. The van der Waals surface area contributed by atoms with E-state index < -0.39 is 0 Å². The predicted octanol–water partition coefficient (Wildman–Crippen LogP) is 3.40. The Morgan fingerprint density at radius 2 is 1.00 bits per heavy atom. The number of rotatable bonds is 3. The second-order valence-corrected chi connectivity index (χ2v) is 3.37. The highest BCUT2D eigenvalue weighted by atomic mass is 16.5. The molecule has 0 unspecified atom stereocenters. The number of ether oxygens (including phenoxy) is 3. The van der Waals surface area contributed by atoms with Crippen molar-refractivity contribution in [2.24, 2.45) is 0 Å². The molecule has 3 heteroatoms. The van der Waals surface area contributed by atoms with Crippen LogP contribution in [0, 0.1) is 0 Å². The molecule has 0 amide bonds. The van der Waals surface area contributed by atoms with E-state index in [-0.39, 0.29) is 0 Å². The van der Waals surface area contributed by atoms with Crippen molar-refractivity contribution < 1.29 is 14.2 Å². The molecule has 0 aromatic heterocycles. The Hall–Kier alpha value is -2.16. The van der Waals surface area contributed by atoms with Gasteiger partial charge in [-0.2, -0.15) is 0 Å². The van der Waals surface area contributed by atoms with Crippen molar-refractivity contribution in [3.8, 4) is 17.2 Å². The lowest BCUT2D eigenvalue weighted by Gasteiger charge is -2.04. The predicted molar refractivity (Wildman–Crippen MR) is 72.5 cm³/mol. The summed E-state index contributed by atoms with van der Waals surface area (Å²) in [6.07, 6.45) is 0. The minimum absolute atomic E-state index is 0.769. The molecule has 0 heterocycles. The summed E-state index contributed by atoms with van der Waals surface area (Å²) < 4.78 is 14.9. The zero-order chi connectivity index (χ0) is 13.2. The van der Waals surface area contributed by atoms with Crippen LogP contribution in [0.15, 0.2) is 54.6 Å². The first-order valence-corrected chi connectivity index (χ1v) is 5.58. The fourth-order valence-electron chi connectivity index (χ4n) is 1.34. The van der Waals surface area contributed by atoms with Crippen molar-refractivity contribution in [3.05, 3.63) is 54.6 Å². The maximum atomic E-state index is 5.01.